The summed E-state index contributed by atoms with van der Waals surface area (Å²) in [5, 5.41) is 4.11. The van der Waals surface area contributed by atoms with E-state index in [1.54, 1.807) is 10.9 Å². The molecule has 2 unspecified atom stereocenters. The maximum Gasteiger partial charge on any atom is 0.257 e. The summed E-state index contributed by atoms with van der Waals surface area (Å²) in [6.45, 7) is 7.20. The van der Waals surface area contributed by atoms with Crippen molar-refractivity contribution >= 4 is 5.91 Å². The fraction of sp³-hybridized carbons (Fsp3) is 0.667. The van der Waals surface area contributed by atoms with Crippen molar-refractivity contribution in [2.24, 2.45) is 7.05 Å². The van der Waals surface area contributed by atoms with E-state index in [4.69, 9.17) is 4.74 Å². The molecule has 1 aromatic heterocycles. The van der Waals surface area contributed by atoms with Gasteiger partial charge in [0.2, 0.25) is 0 Å². The van der Waals surface area contributed by atoms with E-state index in [0.29, 0.717) is 18.7 Å². The van der Waals surface area contributed by atoms with E-state index in [1.165, 1.54) is 0 Å². The fourth-order valence-corrected chi connectivity index (χ4v) is 2.22. The van der Waals surface area contributed by atoms with Gasteiger partial charge in [0.05, 0.1) is 24.0 Å². The molecule has 0 aliphatic carbocycles. The Morgan fingerprint density at radius 1 is 1.41 bits per heavy atom. The molecule has 0 saturated carbocycles. The number of ether oxygens (including phenoxy) is 1. The van der Waals surface area contributed by atoms with Gasteiger partial charge in [-0.2, -0.15) is 5.10 Å². The summed E-state index contributed by atoms with van der Waals surface area (Å²) in [6, 6.07) is 0. The van der Waals surface area contributed by atoms with E-state index in [9.17, 15) is 4.79 Å². The lowest BCUT2D eigenvalue weighted by Crippen LogP contribution is -2.48. The van der Waals surface area contributed by atoms with Gasteiger partial charge in [-0.05, 0) is 20.8 Å². The molecule has 17 heavy (non-hydrogen) atoms. The second-order valence-corrected chi connectivity index (χ2v) is 4.73. The Labute approximate surface area is 101 Å². The van der Waals surface area contributed by atoms with Crippen LogP contribution in [0.25, 0.3) is 0 Å². The highest BCUT2D eigenvalue weighted by Crippen LogP contribution is 2.15. The Balaban J connectivity index is 2.17. The highest BCUT2D eigenvalue weighted by Gasteiger charge is 2.28. The predicted octanol–water partition coefficient (Wildman–Crippen LogP) is 0.978. The molecule has 94 valence electrons. The number of morpholine rings is 1. The first-order valence-electron chi connectivity index (χ1n) is 5.92. The third-order valence-corrected chi connectivity index (χ3v) is 3.17. The average Bonchev–Trinajstić information content (AvgIpc) is 2.57. The van der Waals surface area contributed by atoms with E-state index < -0.39 is 0 Å². The minimum absolute atomic E-state index is 0.0533. The van der Waals surface area contributed by atoms with Gasteiger partial charge in [-0.1, -0.05) is 0 Å². The van der Waals surface area contributed by atoms with Crippen LogP contribution in [0.1, 0.15) is 29.9 Å². The van der Waals surface area contributed by atoms with Gasteiger partial charge in [-0.25, -0.2) is 0 Å². The Kier molecular flexibility index (Phi) is 3.19. The first-order valence-corrected chi connectivity index (χ1v) is 5.92. The summed E-state index contributed by atoms with van der Waals surface area (Å²) in [5.74, 6) is 0.0533. The van der Waals surface area contributed by atoms with E-state index in [2.05, 4.69) is 5.10 Å². The number of aryl methyl sites for hydroxylation is 1. The number of aromatic nitrogens is 2. The molecule has 1 fully saturated rings. The van der Waals surface area contributed by atoms with Gasteiger partial charge in [0.15, 0.2) is 0 Å². The fourth-order valence-electron chi connectivity index (χ4n) is 2.22. The Bertz CT molecular complexity index is 417. The highest BCUT2D eigenvalue weighted by atomic mass is 16.5. The van der Waals surface area contributed by atoms with Crippen molar-refractivity contribution in [2.45, 2.75) is 33.0 Å². The Morgan fingerprint density at radius 2 is 2.00 bits per heavy atom. The second-order valence-electron chi connectivity index (χ2n) is 4.73. The van der Waals surface area contributed by atoms with Crippen LogP contribution in [0.5, 0.6) is 0 Å². The van der Waals surface area contributed by atoms with Gasteiger partial charge >= 0.3 is 0 Å². The van der Waals surface area contributed by atoms with Crippen LogP contribution >= 0.6 is 0 Å². The molecule has 2 rings (SSSR count). The van der Waals surface area contributed by atoms with Gasteiger partial charge in [0.25, 0.3) is 5.91 Å². The van der Waals surface area contributed by atoms with Crippen LogP contribution in [0, 0.1) is 6.92 Å². The summed E-state index contributed by atoms with van der Waals surface area (Å²) in [5.41, 5.74) is 1.59. The van der Waals surface area contributed by atoms with Gasteiger partial charge in [0.1, 0.15) is 0 Å². The maximum absolute atomic E-state index is 12.3. The molecule has 5 nitrogen and oxygen atoms in total. The smallest absolute Gasteiger partial charge is 0.257 e. The zero-order valence-electron chi connectivity index (χ0n) is 10.8. The minimum Gasteiger partial charge on any atom is -0.372 e. The molecule has 1 amide bonds. The zero-order chi connectivity index (χ0) is 12.6. The molecule has 1 saturated heterocycles. The normalized spacial score (nSPS) is 25.1. The van der Waals surface area contributed by atoms with Crippen LogP contribution in [0.2, 0.25) is 0 Å². The molecular formula is C12H19N3O2. The Morgan fingerprint density at radius 3 is 2.47 bits per heavy atom. The number of amides is 1. The molecule has 1 aromatic rings. The summed E-state index contributed by atoms with van der Waals surface area (Å²) in [6.07, 6.45) is 1.84. The van der Waals surface area contributed by atoms with Crippen LogP contribution in [-0.2, 0) is 11.8 Å². The van der Waals surface area contributed by atoms with Crippen molar-refractivity contribution in [3.8, 4) is 0 Å². The standard InChI is InChI=1S/C12H19N3O2/c1-8-6-15(7-9(2)17-8)12(16)11-5-13-14(4)10(11)3/h5,8-9H,6-7H2,1-4H3. The van der Waals surface area contributed by atoms with E-state index in [0.717, 1.165) is 5.69 Å². The molecule has 0 radical (unpaired) electrons. The average molecular weight is 237 g/mol. The molecule has 0 aromatic carbocycles. The summed E-state index contributed by atoms with van der Waals surface area (Å²) in [7, 11) is 1.84. The monoisotopic (exact) mass is 237 g/mol. The van der Waals surface area contributed by atoms with Crippen molar-refractivity contribution < 1.29 is 9.53 Å². The number of hydrogen-bond donors (Lipinski definition) is 0. The van der Waals surface area contributed by atoms with Crippen molar-refractivity contribution in [3.63, 3.8) is 0 Å². The lowest BCUT2D eigenvalue weighted by atomic mass is 10.1. The van der Waals surface area contributed by atoms with Gasteiger partial charge in [0, 0.05) is 25.8 Å². The van der Waals surface area contributed by atoms with Gasteiger partial charge < -0.3 is 9.64 Å². The number of rotatable bonds is 1. The zero-order valence-corrected chi connectivity index (χ0v) is 10.8. The number of carbonyl (C=O) groups excluding carboxylic acids is 1. The third kappa shape index (κ3) is 2.34. The summed E-state index contributed by atoms with van der Waals surface area (Å²) in [4.78, 5) is 14.2. The summed E-state index contributed by atoms with van der Waals surface area (Å²) < 4.78 is 7.35. The molecule has 0 spiro atoms. The molecule has 5 heteroatoms. The van der Waals surface area contributed by atoms with Crippen molar-refractivity contribution in [2.75, 3.05) is 13.1 Å². The highest BCUT2D eigenvalue weighted by molar-refractivity contribution is 5.95. The minimum atomic E-state index is 0.0533. The van der Waals surface area contributed by atoms with Crippen molar-refractivity contribution in [3.05, 3.63) is 17.5 Å². The summed E-state index contributed by atoms with van der Waals surface area (Å²) >= 11 is 0. The van der Waals surface area contributed by atoms with Crippen LogP contribution in [0.15, 0.2) is 6.20 Å². The van der Waals surface area contributed by atoms with Crippen LogP contribution in [0.3, 0.4) is 0 Å². The molecule has 2 heterocycles. The van der Waals surface area contributed by atoms with Crippen LogP contribution < -0.4 is 0 Å². The van der Waals surface area contributed by atoms with Crippen molar-refractivity contribution in [1.29, 1.82) is 0 Å². The van der Waals surface area contributed by atoms with Gasteiger partial charge in [-0.3, -0.25) is 9.48 Å². The topological polar surface area (TPSA) is 47.4 Å². The molecule has 1 aliphatic heterocycles. The third-order valence-electron chi connectivity index (χ3n) is 3.17. The quantitative estimate of drug-likeness (QED) is 0.731. The van der Waals surface area contributed by atoms with Crippen molar-refractivity contribution in [1.82, 2.24) is 14.7 Å². The lowest BCUT2D eigenvalue weighted by Gasteiger charge is -2.35. The van der Waals surface area contributed by atoms with E-state index in [-0.39, 0.29) is 18.1 Å². The first-order chi connectivity index (χ1) is 7.99. The predicted molar refractivity (Wildman–Crippen MR) is 63.9 cm³/mol. The van der Waals surface area contributed by atoms with E-state index >= 15 is 0 Å². The molecule has 0 bridgehead atoms. The molecule has 0 N–H and O–H groups in total. The number of nitrogens with zero attached hydrogens (tertiary/aromatic N) is 3. The molecular weight excluding hydrogens is 218 g/mol. The lowest BCUT2D eigenvalue weighted by molar-refractivity contribution is -0.0586. The van der Waals surface area contributed by atoms with Gasteiger partial charge in [-0.15, -0.1) is 0 Å². The largest absolute Gasteiger partial charge is 0.372 e. The SMILES string of the molecule is Cc1c(C(=O)N2CC(C)OC(C)C2)cnn1C. The maximum atomic E-state index is 12.3. The van der Waals surface area contributed by atoms with Crippen LogP contribution in [-0.4, -0.2) is 45.9 Å². The second kappa shape index (κ2) is 4.49. The van der Waals surface area contributed by atoms with Crippen LogP contribution in [0.4, 0.5) is 0 Å². The number of carbonyl (C=O) groups is 1. The molecule has 1 aliphatic rings. The Hall–Kier alpha value is -1.36. The first kappa shape index (κ1) is 12.1. The van der Waals surface area contributed by atoms with E-state index in [1.807, 2.05) is 32.7 Å². The molecule has 2 atom stereocenters. The number of hydrogen-bond acceptors (Lipinski definition) is 3.